The molecule has 0 unspecified atom stereocenters. The molecule has 0 saturated heterocycles. The van der Waals surface area contributed by atoms with Gasteiger partial charge < -0.3 is 14.7 Å². The Bertz CT molecular complexity index is 862. The van der Waals surface area contributed by atoms with Crippen molar-refractivity contribution in [3.05, 3.63) is 71.6 Å². The van der Waals surface area contributed by atoms with Gasteiger partial charge in [-0.3, -0.25) is 9.78 Å². The van der Waals surface area contributed by atoms with Crippen molar-refractivity contribution in [2.75, 3.05) is 20.1 Å². The van der Waals surface area contributed by atoms with Crippen LogP contribution >= 0.6 is 0 Å². The van der Waals surface area contributed by atoms with E-state index in [4.69, 9.17) is 4.52 Å². The van der Waals surface area contributed by atoms with Crippen LogP contribution in [0.4, 0.5) is 0 Å². The fraction of sp³-hybridized carbons (Fsp3) is 0.286. The molecule has 1 N–H and O–H groups in total. The summed E-state index contributed by atoms with van der Waals surface area (Å²) in [5.41, 5.74) is 2.84. The van der Waals surface area contributed by atoms with Gasteiger partial charge >= 0.3 is 0 Å². The van der Waals surface area contributed by atoms with E-state index in [9.17, 15) is 4.79 Å². The van der Waals surface area contributed by atoms with Crippen LogP contribution in [0.1, 0.15) is 28.1 Å². The van der Waals surface area contributed by atoms with Gasteiger partial charge in [0.25, 0.3) is 5.91 Å². The first-order valence-electron chi connectivity index (χ1n) is 9.03. The number of nitrogens with one attached hydrogen (secondary N) is 1. The molecule has 1 aromatic carbocycles. The van der Waals surface area contributed by atoms with Crippen LogP contribution in [-0.4, -0.2) is 41.1 Å². The Morgan fingerprint density at radius 3 is 2.67 bits per heavy atom. The molecule has 0 fully saturated rings. The summed E-state index contributed by atoms with van der Waals surface area (Å²) in [6.45, 7) is 4.11. The van der Waals surface area contributed by atoms with Crippen LogP contribution in [0.3, 0.4) is 0 Å². The summed E-state index contributed by atoms with van der Waals surface area (Å²) >= 11 is 0. The van der Waals surface area contributed by atoms with Gasteiger partial charge in [-0.05, 0) is 44.6 Å². The molecule has 27 heavy (non-hydrogen) atoms. The Morgan fingerprint density at radius 2 is 1.93 bits per heavy atom. The first-order valence-corrected chi connectivity index (χ1v) is 9.03. The van der Waals surface area contributed by atoms with Crippen LogP contribution in [0.2, 0.25) is 0 Å². The molecule has 0 aliphatic carbocycles. The number of benzene rings is 1. The van der Waals surface area contributed by atoms with Gasteiger partial charge in [0.05, 0.1) is 5.69 Å². The SMILES string of the molecule is Cc1onc(-c2ccccn2)c1C(=O)NCCCN(C)Cc1ccccc1. The smallest absolute Gasteiger partial charge is 0.257 e. The van der Waals surface area contributed by atoms with Crippen molar-refractivity contribution in [3.8, 4) is 11.4 Å². The van der Waals surface area contributed by atoms with Crippen molar-refractivity contribution in [3.63, 3.8) is 0 Å². The van der Waals surface area contributed by atoms with E-state index in [1.807, 2.05) is 36.4 Å². The van der Waals surface area contributed by atoms with Crippen molar-refractivity contribution in [2.24, 2.45) is 0 Å². The molecule has 140 valence electrons. The highest BCUT2D eigenvalue weighted by Crippen LogP contribution is 2.23. The number of hydrogen-bond acceptors (Lipinski definition) is 5. The predicted molar refractivity (Wildman–Crippen MR) is 104 cm³/mol. The molecular formula is C21H24N4O2. The van der Waals surface area contributed by atoms with Crippen molar-refractivity contribution >= 4 is 5.91 Å². The quantitative estimate of drug-likeness (QED) is 0.621. The molecule has 0 aliphatic rings. The van der Waals surface area contributed by atoms with E-state index in [2.05, 4.69) is 39.5 Å². The maximum atomic E-state index is 12.6. The molecule has 2 aromatic heterocycles. The fourth-order valence-electron chi connectivity index (χ4n) is 2.93. The van der Waals surface area contributed by atoms with Gasteiger partial charge in [-0.15, -0.1) is 0 Å². The van der Waals surface area contributed by atoms with Gasteiger partial charge in [0, 0.05) is 19.3 Å². The zero-order valence-electron chi connectivity index (χ0n) is 15.7. The molecule has 0 spiro atoms. The first kappa shape index (κ1) is 18.8. The van der Waals surface area contributed by atoms with Gasteiger partial charge in [0.15, 0.2) is 0 Å². The molecule has 1 amide bonds. The summed E-state index contributed by atoms with van der Waals surface area (Å²) in [5.74, 6) is 0.314. The third kappa shape index (κ3) is 5.01. The van der Waals surface area contributed by atoms with Crippen molar-refractivity contribution in [1.82, 2.24) is 20.4 Å². The van der Waals surface area contributed by atoms with E-state index in [1.54, 1.807) is 13.1 Å². The minimum atomic E-state index is -0.180. The topological polar surface area (TPSA) is 71.3 Å². The normalized spacial score (nSPS) is 10.9. The van der Waals surface area contributed by atoms with Crippen molar-refractivity contribution in [2.45, 2.75) is 19.9 Å². The Hall–Kier alpha value is -2.99. The number of rotatable bonds is 8. The van der Waals surface area contributed by atoms with Gasteiger partial charge in [-0.2, -0.15) is 0 Å². The summed E-state index contributed by atoms with van der Waals surface area (Å²) in [4.78, 5) is 19.1. The van der Waals surface area contributed by atoms with Crippen LogP contribution in [0.5, 0.6) is 0 Å². The van der Waals surface area contributed by atoms with E-state index < -0.39 is 0 Å². The summed E-state index contributed by atoms with van der Waals surface area (Å²) in [7, 11) is 2.08. The van der Waals surface area contributed by atoms with Crippen molar-refractivity contribution < 1.29 is 9.32 Å². The summed E-state index contributed by atoms with van der Waals surface area (Å²) < 4.78 is 5.22. The second kappa shape index (κ2) is 9.09. The lowest BCUT2D eigenvalue weighted by atomic mass is 10.1. The van der Waals surface area contributed by atoms with Gasteiger partial charge in [0.2, 0.25) is 0 Å². The largest absolute Gasteiger partial charge is 0.360 e. The monoisotopic (exact) mass is 364 g/mol. The third-order valence-electron chi connectivity index (χ3n) is 4.29. The number of aromatic nitrogens is 2. The molecule has 0 aliphatic heterocycles. The number of pyridine rings is 1. The zero-order valence-corrected chi connectivity index (χ0v) is 15.7. The Labute approximate surface area is 159 Å². The lowest BCUT2D eigenvalue weighted by molar-refractivity contribution is 0.0951. The lowest BCUT2D eigenvalue weighted by Gasteiger charge is -2.16. The maximum Gasteiger partial charge on any atom is 0.257 e. The molecule has 0 atom stereocenters. The summed E-state index contributed by atoms with van der Waals surface area (Å²) in [6, 6.07) is 15.8. The second-order valence-electron chi connectivity index (χ2n) is 6.51. The van der Waals surface area contributed by atoms with Crippen LogP contribution in [-0.2, 0) is 6.54 Å². The number of aryl methyl sites for hydroxylation is 1. The number of carbonyl (C=O) groups excluding carboxylic acids is 1. The highest BCUT2D eigenvalue weighted by molar-refractivity contribution is 6.00. The lowest BCUT2D eigenvalue weighted by Crippen LogP contribution is -2.28. The number of nitrogens with zero attached hydrogens (tertiary/aromatic N) is 3. The molecule has 6 nitrogen and oxygen atoms in total. The molecule has 0 bridgehead atoms. The van der Waals surface area contributed by atoms with Crippen LogP contribution in [0, 0.1) is 6.92 Å². The minimum Gasteiger partial charge on any atom is -0.360 e. The third-order valence-corrected chi connectivity index (χ3v) is 4.29. The summed E-state index contributed by atoms with van der Waals surface area (Å²) in [6.07, 6.45) is 2.53. The minimum absolute atomic E-state index is 0.180. The molecule has 0 saturated carbocycles. The van der Waals surface area contributed by atoms with Crippen LogP contribution < -0.4 is 5.32 Å². The van der Waals surface area contributed by atoms with Gasteiger partial charge in [-0.1, -0.05) is 41.6 Å². The Balaban J connectivity index is 1.51. The summed E-state index contributed by atoms with van der Waals surface area (Å²) in [5, 5.41) is 6.97. The highest BCUT2D eigenvalue weighted by atomic mass is 16.5. The Kier molecular flexibility index (Phi) is 6.33. The number of hydrogen-bond donors (Lipinski definition) is 1. The average molecular weight is 364 g/mol. The first-order chi connectivity index (χ1) is 13.1. The zero-order chi connectivity index (χ0) is 19.1. The van der Waals surface area contributed by atoms with Crippen molar-refractivity contribution in [1.29, 1.82) is 0 Å². The van der Waals surface area contributed by atoms with E-state index >= 15 is 0 Å². The Morgan fingerprint density at radius 1 is 1.15 bits per heavy atom. The van der Waals surface area contributed by atoms with Gasteiger partial charge in [-0.25, -0.2) is 0 Å². The maximum absolute atomic E-state index is 12.6. The molecule has 3 rings (SSSR count). The average Bonchev–Trinajstić information content (AvgIpc) is 3.08. The molecule has 6 heteroatoms. The molecule has 0 radical (unpaired) electrons. The van der Waals surface area contributed by atoms with E-state index in [0.29, 0.717) is 29.3 Å². The van der Waals surface area contributed by atoms with Gasteiger partial charge in [0.1, 0.15) is 17.0 Å². The highest BCUT2D eigenvalue weighted by Gasteiger charge is 2.21. The molecule has 2 heterocycles. The van der Waals surface area contributed by atoms with Crippen LogP contribution in [0.15, 0.2) is 59.3 Å². The van der Waals surface area contributed by atoms with E-state index in [-0.39, 0.29) is 5.91 Å². The fourth-order valence-corrected chi connectivity index (χ4v) is 2.93. The standard InChI is InChI=1S/C21H24N4O2/c1-16-19(20(24-27-16)18-11-6-7-12-22-18)21(26)23-13-8-14-25(2)15-17-9-4-3-5-10-17/h3-7,9-12H,8,13-15H2,1-2H3,(H,23,26). The predicted octanol–water partition coefficient (Wildman–Crippen LogP) is 3.30. The van der Waals surface area contributed by atoms with E-state index in [0.717, 1.165) is 19.5 Å². The van der Waals surface area contributed by atoms with E-state index in [1.165, 1.54) is 5.56 Å². The number of carbonyl (C=O) groups is 1. The second-order valence-corrected chi connectivity index (χ2v) is 6.51. The molecular weight excluding hydrogens is 340 g/mol. The van der Waals surface area contributed by atoms with Crippen LogP contribution in [0.25, 0.3) is 11.4 Å². The molecule has 3 aromatic rings. The number of amides is 1.